The maximum Gasteiger partial charge on any atom is 0.191 e. The van der Waals surface area contributed by atoms with E-state index in [4.69, 9.17) is 9.73 Å². The molecule has 0 amide bonds. The zero-order valence-electron chi connectivity index (χ0n) is 18.6. The van der Waals surface area contributed by atoms with Crippen molar-refractivity contribution in [2.24, 2.45) is 10.9 Å². The van der Waals surface area contributed by atoms with Crippen LogP contribution in [0.4, 0.5) is 4.39 Å². The molecule has 1 aromatic carbocycles. The van der Waals surface area contributed by atoms with Crippen LogP contribution < -0.4 is 10.6 Å². The summed E-state index contributed by atoms with van der Waals surface area (Å²) in [5, 5.41) is 6.99. The fraction of sp³-hybridized carbons (Fsp3) is 0.696. The van der Waals surface area contributed by atoms with Crippen LogP contribution in [0.3, 0.4) is 0 Å². The molecule has 0 spiro atoms. The Hall–Kier alpha value is -0.930. The summed E-state index contributed by atoms with van der Waals surface area (Å²) in [6, 6.07) is 7.29. The van der Waals surface area contributed by atoms with Crippen molar-refractivity contribution < 1.29 is 9.13 Å². The van der Waals surface area contributed by atoms with Crippen molar-refractivity contribution >= 4 is 29.9 Å². The Labute approximate surface area is 198 Å². The molecule has 2 fully saturated rings. The lowest BCUT2D eigenvalue weighted by Crippen LogP contribution is -2.49. The molecule has 5 nitrogen and oxygen atoms in total. The minimum atomic E-state index is -0.225. The summed E-state index contributed by atoms with van der Waals surface area (Å²) in [5.74, 6) is 1.38. The molecule has 0 saturated carbocycles. The second-order valence-corrected chi connectivity index (χ2v) is 9.04. The van der Waals surface area contributed by atoms with Crippen molar-refractivity contribution in [3.63, 3.8) is 0 Å². The minimum Gasteiger partial charge on any atom is -0.381 e. The summed E-state index contributed by atoms with van der Waals surface area (Å²) in [7, 11) is 0. The molecule has 0 aliphatic carbocycles. The van der Waals surface area contributed by atoms with Crippen molar-refractivity contribution in [1.82, 2.24) is 15.5 Å². The third kappa shape index (κ3) is 7.64. The van der Waals surface area contributed by atoms with Crippen molar-refractivity contribution in [3.8, 4) is 0 Å². The molecule has 1 aromatic rings. The largest absolute Gasteiger partial charge is 0.381 e. The number of piperidine rings is 1. The number of ether oxygens (including phenoxy) is 1. The third-order valence-electron chi connectivity index (χ3n) is 6.05. The summed E-state index contributed by atoms with van der Waals surface area (Å²) < 4.78 is 19.1. The van der Waals surface area contributed by atoms with E-state index in [2.05, 4.69) is 36.3 Å². The minimum absolute atomic E-state index is 0. The van der Waals surface area contributed by atoms with E-state index in [1.54, 1.807) is 12.1 Å². The summed E-state index contributed by atoms with van der Waals surface area (Å²) >= 11 is 0. The molecule has 170 valence electrons. The fourth-order valence-electron chi connectivity index (χ4n) is 4.14. The summed E-state index contributed by atoms with van der Waals surface area (Å²) in [6.45, 7) is 13.0. The maximum absolute atomic E-state index is 13.6. The van der Waals surface area contributed by atoms with E-state index in [1.807, 2.05) is 6.07 Å². The number of hydrogen-bond acceptors (Lipinski definition) is 3. The van der Waals surface area contributed by atoms with Crippen LogP contribution in [0.2, 0.25) is 0 Å². The molecule has 30 heavy (non-hydrogen) atoms. The number of nitrogens with one attached hydrogen (secondary N) is 2. The number of guanidine groups is 1. The Morgan fingerprint density at radius 2 is 2.03 bits per heavy atom. The van der Waals surface area contributed by atoms with E-state index in [9.17, 15) is 4.39 Å². The second kappa shape index (κ2) is 12.2. The van der Waals surface area contributed by atoms with Crippen LogP contribution >= 0.6 is 24.0 Å². The van der Waals surface area contributed by atoms with Crippen LogP contribution in [0.1, 0.15) is 45.6 Å². The molecular formula is C23H38FIN4O. The first-order valence-electron chi connectivity index (χ1n) is 11.1. The van der Waals surface area contributed by atoms with Gasteiger partial charge in [-0.25, -0.2) is 4.39 Å². The van der Waals surface area contributed by atoms with Gasteiger partial charge in [-0.15, -0.1) is 24.0 Å². The van der Waals surface area contributed by atoms with Crippen LogP contribution in [0.15, 0.2) is 29.3 Å². The van der Waals surface area contributed by atoms with Gasteiger partial charge in [-0.2, -0.15) is 0 Å². The van der Waals surface area contributed by atoms with Gasteiger partial charge in [0, 0.05) is 44.2 Å². The SMILES string of the molecule is CCNC(=NCC(C)(C)c1cccc(F)c1)NC1CCN(CC2CCOC2)CC1.I. The molecule has 0 aromatic heterocycles. The van der Waals surface area contributed by atoms with Gasteiger partial charge in [0.25, 0.3) is 0 Å². The molecule has 2 saturated heterocycles. The number of benzene rings is 1. The fourth-order valence-corrected chi connectivity index (χ4v) is 4.14. The first kappa shape index (κ1) is 25.3. The first-order chi connectivity index (χ1) is 14.0. The van der Waals surface area contributed by atoms with Gasteiger partial charge in [-0.1, -0.05) is 26.0 Å². The Balaban J connectivity index is 0.00000320. The van der Waals surface area contributed by atoms with Gasteiger partial charge in [0.05, 0.1) is 13.2 Å². The number of aliphatic imine (C=N–C) groups is 1. The Morgan fingerprint density at radius 3 is 2.67 bits per heavy atom. The molecule has 2 aliphatic heterocycles. The average Bonchev–Trinajstić information content (AvgIpc) is 3.21. The van der Waals surface area contributed by atoms with Crippen molar-refractivity contribution in [1.29, 1.82) is 0 Å². The molecule has 2 heterocycles. The van der Waals surface area contributed by atoms with Crippen LogP contribution in [0.25, 0.3) is 0 Å². The maximum atomic E-state index is 13.6. The molecule has 1 atom stereocenters. The monoisotopic (exact) mass is 532 g/mol. The summed E-state index contributed by atoms with van der Waals surface area (Å²) in [5.41, 5.74) is 0.748. The Bertz CT molecular complexity index is 671. The van der Waals surface area contributed by atoms with Gasteiger partial charge in [-0.3, -0.25) is 4.99 Å². The van der Waals surface area contributed by atoms with Crippen LogP contribution in [-0.2, 0) is 10.2 Å². The van der Waals surface area contributed by atoms with Crippen LogP contribution in [0, 0.1) is 11.7 Å². The van der Waals surface area contributed by atoms with E-state index < -0.39 is 0 Å². The normalized spacial score (nSPS) is 21.3. The van der Waals surface area contributed by atoms with E-state index in [0.717, 1.165) is 57.2 Å². The molecule has 3 rings (SSSR count). The number of nitrogens with zero attached hydrogens (tertiary/aromatic N) is 2. The van der Waals surface area contributed by atoms with Crippen LogP contribution in [-0.4, -0.2) is 62.8 Å². The van der Waals surface area contributed by atoms with Gasteiger partial charge < -0.3 is 20.3 Å². The summed E-state index contributed by atoms with van der Waals surface area (Å²) in [6.07, 6.45) is 3.47. The van der Waals surface area contributed by atoms with E-state index in [-0.39, 0.29) is 35.2 Å². The van der Waals surface area contributed by atoms with Gasteiger partial charge in [0.15, 0.2) is 5.96 Å². The summed E-state index contributed by atoms with van der Waals surface area (Å²) in [4.78, 5) is 7.41. The van der Waals surface area contributed by atoms with Gasteiger partial charge in [0.1, 0.15) is 5.82 Å². The molecule has 2 N–H and O–H groups in total. The lowest BCUT2D eigenvalue weighted by molar-refractivity contribution is 0.150. The smallest absolute Gasteiger partial charge is 0.191 e. The van der Waals surface area contributed by atoms with Gasteiger partial charge in [0.2, 0.25) is 0 Å². The van der Waals surface area contributed by atoms with E-state index in [1.165, 1.54) is 19.0 Å². The predicted octanol–water partition coefficient (Wildman–Crippen LogP) is 3.78. The van der Waals surface area contributed by atoms with Crippen molar-refractivity contribution in [2.45, 2.75) is 51.5 Å². The quantitative estimate of drug-likeness (QED) is 0.319. The topological polar surface area (TPSA) is 48.9 Å². The third-order valence-corrected chi connectivity index (χ3v) is 6.05. The Kier molecular flexibility index (Phi) is 10.3. The van der Waals surface area contributed by atoms with Crippen molar-refractivity contribution in [3.05, 3.63) is 35.6 Å². The molecule has 1 unspecified atom stereocenters. The van der Waals surface area contributed by atoms with Gasteiger partial charge >= 0.3 is 0 Å². The lowest BCUT2D eigenvalue weighted by atomic mass is 9.85. The number of likely N-dealkylation sites (tertiary alicyclic amines) is 1. The van der Waals surface area contributed by atoms with Gasteiger partial charge in [-0.05, 0) is 49.8 Å². The highest BCUT2D eigenvalue weighted by molar-refractivity contribution is 14.0. The highest BCUT2D eigenvalue weighted by atomic mass is 127. The van der Waals surface area contributed by atoms with E-state index in [0.29, 0.717) is 18.5 Å². The first-order valence-corrected chi connectivity index (χ1v) is 11.1. The number of halogens is 2. The van der Waals surface area contributed by atoms with Crippen molar-refractivity contribution in [2.75, 3.05) is 45.9 Å². The molecule has 0 radical (unpaired) electrons. The second-order valence-electron chi connectivity index (χ2n) is 9.04. The zero-order valence-corrected chi connectivity index (χ0v) is 21.0. The molecular weight excluding hydrogens is 494 g/mol. The lowest BCUT2D eigenvalue weighted by Gasteiger charge is -2.34. The van der Waals surface area contributed by atoms with E-state index >= 15 is 0 Å². The zero-order chi connectivity index (χ0) is 20.7. The number of rotatable bonds is 7. The highest BCUT2D eigenvalue weighted by Crippen LogP contribution is 2.24. The Morgan fingerprint density at radius 1 is 1.27 bits per heavy atom. The molecule has 2 aliphatic rings. The predicted molar refractivity (Wildman–Crippen MR) is 132 cm³/mol. The highest BCUT2D eigenvalue weighted by Gasteiger charge is 2.25. The number of hydrogen-bond donors (Lipinski definition) is 2. The van der Waals surface area contributed by atoms with Crippen LogP contribution in [0.5, 0.6) is 0 Å². The molecule has 7 heteroatoms. The average molecular weight is 532 g/mol. The standard InChI is InChI=1S/C23H37FN4O.HI/c1-4-25-22(26-17-23(2,3)19-6-5-7-20(24)14-19)27-21-8-11-28(12-9-21)15-18-10-13-29-16-18;/h5-7,14,18,21H,4,8-13,15-17H2,1-3H3,(H2,25,26,27);1H. The molecule has 0 bridgehead atoms.